The summed E-state index contributed by atoms with van der Waals surface area (Å²) in [4.78, 5) is 12.7. The average Bonchev–Trinajstić information content (AvgIpc) is 2.93. The SMILES string of the molecule is CC(Cc1nn(-c2ccc(C(C)C)cc2)c2c1CCCC2=O)CC(C)(C)C. The predicted molar refractivity (Wildman–Crippen MR) is 112 cm³/mol. The van der Waals surface area contributed by atoms with Crippen LogP contribution in [0.15, 0.2) is 24.3 Å². The molecule has 1 atom stereocenters. The molecule has 0 spiro atoms. The highest BCUT2D eigenvalue weighted by Gasteiger charge is 2.28. The first-order chi connectivity index (χ1) is 12.7. The van der Waals surface area contributed by atoms with Gasteiger partial charge in [-0.2, -0.15) is 5.10 Å². The van der Waals surface area contributed by atoms with Gasteiger partial charge in [-0.3, -0.25) is 4.79 Å². The van der Waals surface area contributed by atoms with Crippen LogP contribution in [0.2, 0.25) is 0 Å². The Morgan fingerprint density at radius 1 is 1.07 bits per heavy atom. The molecule has 1 aliphatic rings. The molecule has 0 saturated carbocycles. The summed E-state index contributed by atoms with van der Waals surface area (Å²) in [5.74, 6) is 1.30. The molecule has 0 radical (unpaired) electrons. The van der Waals surface area contributed by atoms with Crippen molar-refractivity contribution in [1.82, 2.24) is 9.78 Å². The molecule has 0 aliphatic heterocycles. The second-order valence-electron chi connectivity index (χ2n) is 9.78. The molecule has 0 saturated heterocycles. The maximum Gasteiger partial charge on any atom is 0.181 e. The number of hydrogen-bond donors (Lipinski definition) is 0. The van der Waals surface area contributed by atoms with Gasteiger partial charge in [-0.1, -0.05) is 53.7 Å². The number of benzene rings is 1. The summed E-state index contributed by atoms with van der Waals surface area (Å²) in [5, 5.41) is 4.95. The van der Waals surface area contributed by atoms with Gasteiger partial charge in [0.25, 0.3) is 0 Å². The van der Waals surface area contributed by atoms with Gasteiger partial charge in [-0.05, 0) is 60.6 Å². The van der Waals surface area contributed by atoms with E-state index < -0.39 is 0 Å². The van der Waals surface area contributed by atoms with E-state index in [4.69, 9.17) is 5.10 Å². The molecule has 3 nitrogen and oxygen atoms in total. The minimum absolute atomic E-state index is 0.242. The van der Waals surface area contributed by atoms with Crippen molar-refractivity contribution in [3.05, 3.63) is 46.8 Å². The molecule has 3 rings (SSSR count). The lowest BCUT2D eigenvalue weighted by molar-refractivity contribution is 0.0964. The molecular weight excluding hydrogens is 332 g/mol. The molecule has 146 valence electrons. The van der Waals surface area contributed by atoms with Gasteiger partial charge in [0.1, 0.15) is 5.69 Å². The number of hydrogen-bond acceptors (Lipinski definition) is 2. The molecule has 2 aromatic rings. The molecule has 27 heavy (non-hydrogen) atoms. The fourth-order valence-electron chi connectivity index (χ4n) is 4.39. The lowest BCUT2D eigenvalue weighted by atomic mass is 9.82. The van der Waals surface area contributed by atoms with Gasteiger partial charge in [0, 0.05) is 12.0 Å². The van der Waals surface area contributed by atoms with Gasteiger partial charge in [0.2, 0.25) is 0 Å². The van der Waals surface area contributed by atoms with Crippen molar-refractivity contribution in [1.29, 1.82) is 0 Å². The molecule has 1 unspecified atom stereocenters. The van der Waals surface area contributed by atoms with Crippen molar-refractivity contribution in [2.75, 3.05) is 0 Å². The van der Waals surface area contributed by atoms with Crippen molar-refractivity contribution >= 4 is 5.78 Å². The van der Waals surface area contributed by atoms with Gasteiger partial charge >= 0.3 is 0 Å². The summed E-state index contributed by atoms with van der Waals surface area (Å²) < 4.78 is 1.92. The summed E-state index contributed by atoms with van der Waals surface area (Å²) in [7, 11) is 0. The number of carbonyl (C=O) groups excluding carboxylic acids is 1. The van der Waals surface area contributed by atoms with Crippen LogP contribution < -0.4 is 0 Å². The maximum absolute atomic E-state index is 12.7. The molecule has 0 fully saturated rings. The number of carbonyl (C=O) groups is 1. The molecule has 1 heterocycles. The topological polar surface area (TPSA) is 34.9 Å². The fraction of sp³-hybridized carbons (Fsp3) is 0.583. The van der Waals surface area contributed by atoms with E-state index in [0.717, 1.165) is 42.8 Å². The van der Waals surface area contributed by atoms with E-state index in [2.05, 4.69) is 65.8 Å². The Bertz CT molecular complexity index is 806. The molecule has 0 amide bonds. The largest absolute Gasteiger partial charge is 0.292 e. The summed E-state index contributed by atoms with van der Waals surface area (Å²) in [5.41, 5.74) is 5.77. The maximum atomic E-state index is 12.7. The third kappa shape index (κ3) is 4.51. The van der Waals surface area contributed by atoms with Crippen LogP contribution in [-0.4, -0.2) is 15.6 Å². The monoisotopic (exact) mass is 366 g/mol. The number of Topliss-reactive ketones (excluding diaryl/α,β-unsaturated/α-hetero) is 1. The third-order valence-corrected chi connectivity index (χ3v) is 5.47. The van der Waals surface area contributed by atoms with Crippen LogP contribution in [-0.2, 0) is 12.8 Å². The zero-order chi connectivity index (χ0) is 19.8. The van der Waals surface area contributed by atoms with E-state index in [1.54, 1.807) is 0 Å². The summed E-state index contributed by atoms with van der Waals surface area (Å²) in [6, 6.07) is 8.52. The lowest BCUT2D eigenvalue weighted by Gasteiger charge is -2.23. The Labute approximate surface area is 164 Å². The van der Waals surface area contributed by atoms with Crippen LogP contribution >= 0.6 is 0 Å². The van der Waals surface area contributed by atoms with Crippen LogP contribution in [0.25, 0.3) is 5.69 Å². The van der Waals surface area contributed by atoms with E-state index in [-0.39, 0.29) is 5.78 Å². The Kier molecular flexibility index (Phi) is 5.60. The molecule has 0 N–H and O–H groups in total. The van der Waals surface area contributed by atoms with E-state index in [1.807, 2.05) is 4.68 Å². The molecule has 0 bridgehead atoms. The number of aromatic nitrogens is 2. The van der Waals surface area contributed by atoms with Crippen LogP contribution in [0.3, 0.4) is 0 Å². The van der Waals surface area contributed by atoms with Gasteiger partial charge in [-0.25, -0.2) is 4.68 Å². The molecule has 1 aromatic carbocycles. The second kappa shape index (κ2) is 7.61. The van der Waals surface area contributed by atoms with Gasteiger partial charge in [0.05, 0.1) is 11.4 Å². The molecule has 1 aliphatic carbocycles. The van der Waals surface area contributed by atoms with Crippen molar-refractivity contribution in [2.45, 2.75) is 79.6 Å². The van der Waals surface area contributed by atoms with Crippen LogP contribution in [0.5, 0.6) is 0 Å². The van der Waals surface area contributed by atoms with Crippen LogP contribution in [0.4, 0.5) is 0 Å². The second-order valence-corrected chi connectivity index (χ2v) is 9.78. The van der Waals surface area contributed by atoms with Gasteiger partial charge in [-0.15, -0.1) is 0 Å². The van der Waals surface area contributed by atoms with Crippen LogP contribution in [0, 0.1) is 11.3 Å². The first-order valence-electron chi connectivity index (χ1n) is 10.4. The number of fused-ring (bicyclic) bond motifs is 1. The lowest BCUT2D eigenvalue weighted by Crippen LogP contribution is -2.16. The summed E-state index contributed by atoms with van der Waals surface area (Å²) in [6.45, 7) is 13.6. The normalized spacial score (nSPS) is 15.9. The highest BCUT2D eigenvalue weighted by atomic mass is 16.1. The standard InChI is InChI=1S/C24H34N2O/c1-16(2)18-10-12-19(13-11-18)26-23-20(8-7-9-22(23)27)21(25-26)14-17(3)15-24(4,5)6/h10-13,16-17H,7-9,14-15H2,1-6H3. The summed E-state index contributed by atoms with van der Waals surface area (Å²) in [6.07, 6.45) is 4.67. The van der Waals surface area contributed by atoms with Crippen molar-refractivity contribution in [3.63, 3.8) is 0 Å². The molecular formula is C24H34N2O. The molecule has 1 aromatic heterocycles. The predicted octanol–water partition coefficient (Wildman–Crippen LogP) is 6.13. The Balaban J connectivity index is 1.97. The smallest absolute Gasteiger partial charge is 0.181 e. The number of ketones is 1. The van der Waals surface area contributed by atoms with Crippen molar-refractivity contribution in [3.8, 4) is 5.69 Å². The highest BCUT2D eigenvalue weighted by Crippen LogP contribution is 2.31. The van der Waals surface area contributed by atoms with Gasteiger partial charge < -0.3 is 0 Å². The third-order valence-electron chi connectivity index (χ3n) is 5.47. The highest BCUT2D eigenvalue weighted by molar-refractivity contribution is 5.97. The Hall–Kier alpha value is -1.90. The quantitative estimate of drug-likeness (QED) is 0.638. The van der Waals surface area contributed by atoms with E-state index >= 15 is 0 Å². The first-order valence-corrected chi connectivity index (χ1v) is 10.4. The van der Waals surface area contributed by atoms with Crippen molar-refractivity contribution in [2.24, 2.45) is 11.3 Å². The van der Waals surface area contributed by atoms with Crippen molar-refractivity contribution < 1.29 is 4.79 Å². The van der Waals surface area contributed by atoms with E-state index in [1.165, 1.54) is 11.1 Å². The minimum atomic E-state index is 0.242. The Morgan fingerprint density at radius 3 is 2.33 bits per heavy atom. The first kappa shape index (κ1) is 19.9. The van der Waals surface area contributed by atoms with E-state index in [9.17, 15) is 4.79 Å². The van der Waals surface area contributed by atoms with Gasteiger partial charge in [0.15, 0.2) is 5.78 Å². The zero-order valence-corrected chi connectivity index (χ0v) is 17.8. The number of nitrogens with zero attached hydrogens (tertiary/aromatic N) is 2. The van der Waals surface area contributed by atoms with E-state index in [0.29, 0.717) is 23.7 Å². The molecule has 3 heteroatoms. The minimum Gasteiger partial charge on any atom is -0.292 e. The Morgan fingerprint density at radius 2 is 1.74 bits per heavy atom. The summed E-state index contributed by atoms with van der Waals surface area (Å²) >= 11 is 0. The zero-order valence-electron chi connectivity index (χ0n) is 17.8. The fourth-order valence-corrected chi connectivity index (χ4v) is 4.39. The average molecular weight is 367 g/mol. The van der Waals surface area contributed by atoms with Crippen LogP contribution in [0.1, 0.15) is 94.0 Å². The number of rotatable bonds is 5.